The molecule has 9 heteroatoms. The zero-order valence-corrected chi connectivity index (χ0v) is 14.6. The summed E-state index contributed by atoms with van der Waals surface area (Å²) in [7, 11) is -0.836. The Morgan fingerprint density at radius 2 is 1.65 bits per heavy atom. The van der Waals surface area contributed by atoms with Crippen molar-refractivity contribution in [1.82, 2.24) is 0 Å². The first-order valence-corrected chi connectivity index (χ1v) is 6.91. The van der Waals surface area contributed by atoms with Crippen LogP contribution in [-0.4, -0.2) is 45.0 Å². The summed E-state index contributed by atoms with van der Waals surface area (Å²) in [5.41, 5.74) is 0.640. The molecule has 7 nitrogen and oxygen atoms in total. The van der Waals surface area contributed by atoms with E-state index in [9.17, 15) is 8.42 Å². The number of hydrogen-bond acceptors (Lipinski definition) is 4. The number of ether oxygens (including phenoxy) is 2. The van der Waals surface area contributed by atoms with Gasteiger partial charge in [0.1, 0.15) is 11.5 Å². The van der Waals surface area contributed by atoms with Crippen LogP contribution in [0.4, 0.5) is 5.69 Å². The summed E-state index contributed by atoms with van der Waals surface area (Å²) in [5.74, 6) is 0.934. The van der Waals surface area contributed by atoms with E-state index in [1.807, 2.05) is 0 Å². The van der Waals surface area contributed by atoms with Crippen molar-refractivity contribution in [2.75, 3.05) is 26.5 Å². The van der Waals surface area contributed by atoms with Crippen molar-refractivity contribution in [3.05, 3.63) is 23.5 Å². The molecular formula is C11H18NNaO6S. The van der Waals surface area contributed by atoms with Crippen LogP contribution < -0.4 is 39.0 Å². The molecular weight excluding hydrogens is 297 g/mol. The molecule has 0 aliphatic carbocycles. The first-order chi connectivity index (χ1) is 8.44. The first kappa shape index (κ1) is 21.8. The van der Waals surface area contributed by atoms with Crippen molar-refractivity contribution in [1.29, 1.82) is 0 Å². The second-order valence-electron chi connectivity index (χ2n) is 3.59. The van der Waals surface area contributed by atoms with Crippen LogP contribution in [-0.2, 0) is 10.1 Å². The maximum Gasteiger partial charge on any atom is 1.00 e. The Labute approximate surface area is 141 Å². The minimum Gasteiger partial charge on any atom is -0.684 e. The van der Waals surface area contributed by atoms with Gasteiger partial charge in [-0.2, -0.15) is 8.42 Å². The van der Waals surface area contributed by atoms with E-state index in [1.54, 1.807) is 18.2 Å². The Bertz CT molecular complexity index is 471. The topological polar surface area (TPSA) is 118 Å². The van der Waals surface area contributed by atoms with Crippen molar-refractivity contribution < 1.29 is 57.5 Å². The zero-order chi connectivity index (χ0) is 13.6. The molecule has 0 bridgehead atoms. The van der Waals surface area contributed by atoms with Crippen LogP contribution in [0.1, 0.15) is 6.42 Å². The average molecular weight is 315 g/mol. The van der Waals surface area contributed by atoms with Crippen LogP contribution in [0.2, 0.25) is 0 Å². The third-order valence-corrected chi connectivity index (χ3v) is 3.00. The molecule has 0 atom stereocenters. The van der Waals surface area contributed by atoms with Crippen molar-refractivity contribution in [3.8, 4) is 11.5 Å². The van der Waals surface area contributed by atoms with Gasteiger partial charge in [-0.1, -0.05) is 6.42 Å². The van der Waals surface area contributed by atoms with Gasteiger partial charge >= 0.3 is 29.6 Å². The van der Waals surface area contributed by atoms with Crippen LogP contribution in [0.3, 0.4) is 0 Å². The Morgan fingerprint density at radius 1 is 1.15 bits per heavy atom. The van der Waals surface area contributed by atoms with Crippen molar-refractivity contribution in [3.63, 3.8) is 0 Å². The number of rotatable bonds is 7. The number of methoxy groups -OCH3 is 2. The molecule has 3 N–H and O–H groups in total. The summed E-state index contributed by atoms with van der Waals surface area (Å²) < 4.78 is 39.8. The molecule has 0 spiro atoms. The summed E-state index contributed by atoms with van der Waals surface area (Å²) in [4.78, 5) is 0. The van der Waals surface area contributed by atoms with Crippen molar-refractivity contribution >= 4 is 15.8 Å². The van der Waals surface area contributed by atoms with E-state index in [2.05, 4.69) is 5.32 Å². The molecule has 0 saturated heterocycles. The molecule has 0 aliphatic rings. The molecule has 1 rings (SSSR count). The predicted octanol–water partition coefficient (Wildman–Crippen LogP) is -1.83. The van der Waals surface area contributed by atoms with Crippen LogP contribution in [0.15, 0.2) is 18.2 Å². The van der Waals surface area contributed by atoms with Crippen molar-refractivity contribution in [2.45, 2.75) is 6.42 Å². The second kappa shape index (κ2) is 10.3. The van der Waals surface area contributed by atoms with E-state index in [0.717, 1.165) is 0 Å². The van der Waals surface area contributed by atoms with Gasteiger partial charge in [0, 0.05) is 6.07 Å². The largest absolute Gasteiger partial charge is 1.00 e. The van der Waals surface area contributed by atoms with Crippen LogP contribution >= 0.6 is 0 Å². The minimum absolute atomic E-state index is 0. The van der Waals surface area contributed by atoms with Gasteiger partial charge in [-0.05, 0) is 12.1 Å². The van der Waals surface area contributed by atoms with Crippen LogP contribution in [0.5, 0.6) is 11.5 Å². The van der Waals surface area contributed by atoms with Gasteiger partial charge in [0.25, 0.3) is 10.1 Å². The fraction of sp³-hybridized carbons (Fsp3) is 0.455. The van der Waals surface area contributed by atoms with E-state index in [1.165, 1.54) is 14.2 Å². The van der Waals surface area contributed by atoms with Gasteiger partial charge in [-0.15, -0.1) is 12.2 Å². The molecule has 1 aromatic carbocycles. The number of nitrogens with zero attached hydrogens (tertiary/aromatic N) is 1. The maximum absolute atomic E-state index is 10.5. The van der Waals surface area contributed by atoms with E-state index in [0.29, 0.717) is 23.7 Å². The SMILES string of the molecule is COc1cc([N-]CCCS(=O)(=O)O)cc(OC)c1.O.[Na+]. The minimum atomic E-state index is -3.91. The van der Waals surface area contributed by atoms with Gasteiger partial charge in [-0.25, -0.2) is 0 Å². The van der Waals surface area contributed by atoms with Crippen LogP contribution in [0.25, 0.3) is 5.32 Å². The quantitative estimate of drug-likeness (QED) is 0.360. The Balaban J connectivity index is 0. The first-order valence-electron chi connectivity index (χ1n) is 5.30. The van der Waals surface area contributed by atoms with Crippen LogP contribution in [0, 0.1) is 0 Å². The van der Waals surface area contributed by atoms with E-state index < -0.39 is 10.1 Å². The molecule has 0 radical (unpaired) electrons. The summed E-state index contributed by atoms with van der Waals surface area (Å²) in [6.45, 7) is 0.302. The summed E-state index contributed by atoms with van der Waals surface area (Å²) in [6, 6.07) is 5.16. The molecule has 0 aromatic heterocycles. The average Bonchev–Trinajstić information content (AvgIpc) is 2.33. The zero-order valence-electron chi connectivity index (χ0n) is 11.8. The monoisotopic (exact) mass is 315 g/mol. The third-order valence-electron chi connectivity index (χ3n) is 2.19. The fourth-order valence-electron chi connectivity index (χ4n) is 1.34. The van der Waals surface area contributed by atoms with Gasteiger partial charge < -0.3 is 20.3 Å². The van der Waals surface area contributed by atoms with E-state index in [4.69, 9.17) is 14.0 Å². The number of hydrogen-bond donors (Lipinski definition) is 1. The van der Waals surface area contributed by atoms with Crippen molar-refractivity contribution in [2.24, 2.45) is 0 Å². The Kier molecular flexibility index (Phi) is 11.2. The molecule has 20 heavy (non-hydrogen) atoms. The molecule has 110 valence electrons. The standard InChI is InChI=1S/C11H16NO5S.Na.H2O/c1-16-10-6-9(7-11(8-10)17-2)12-4-3-5-18(13,14)15;;/h6-8H,3-5H2,1-2H3,(H,13,14,15);;1H2/q-1;+1;. The van der Waals surface area contributed by atoms with Gasteiger partial charge in [0.2, 0.25) is 0 Å². The molecule has 0 unspecified atom stereocenters. The normalized spacial score (nSPS) is 9.95. The van der Waals surface area contributed by atoms with E-state index in [-0.39, 0.29) is 47.2 Å². The molecule has 0 aliphatic heterocycles. The molecule has 0 amide bonds. The smallest absolute Gasteiger partial charge is 0.684 e. The fourth-order valence-corrected chi connectivity index (χ4v) is 1.83. The molecule has 0 heterocycles. The molecule has 1 aromatic rings. The molecule has 0 fully saturated rings. The molecule has 0 saturated carbocycles. The Hall–Kier alpha value is -0.510. The predicted molar refractivity (Wildman–Crippen MR) is 72.1 cm³/mol. The van der Waals surface area contributed by atoms with E-state index >= 15 is 0 Å². The maximum atomic E-state index is 10.5. The number of benzene rings is 1. The van der Waals surface area contributed by atoms with Gasteiger partial charge in [0.05, 0.1) is 20.0 Å². The van der Waals surface area contributed by atoms with Gasteiger partial charge in [0.15, 0.2) is 0 Å². The Morgan fingerprint density at radius 3 is 2.05 bits per heavy atom. The summed E-state index contributed by atoms with van der Waals surface area (Å²) >= 11 is 0. The summed E-state index contributed by atoms with van der Waals surface area (Å²) in [5, 5.41) is 4.19. The summed E-state index contributed by atoms with van der Waals surface area (Å²) in [6.07, 6.45) is 0.262. The third kappa shape index (κ3) is 8.62. The second-order valence-corrected chi connectivity index (χ2v) is 5.16. The van der Waals surface area contributed by atoms with Gasteiger partial charge in [-0.3, -0.25) is 4.55 Å².